The minimum Gasteiger partial charge on any atom is -0.0689 e. The van der Waals surface area contributed by atoms with Gasteiger partial charge < -0.3 is 0 Å². The predicted octanol–water partition coefficient (Wildman–Crippen LogP) is 10.8. The molecule has 9 unspecified atom stereocenters. The van der Waals surface area contributed by atoms with Crippen molar-refractivity contribution >= 4 is 18.8 Å². The number of rotatable bonds is 6. The first-order valence-electron chi connectivity index (χ1n) is 16.0. The molecule has 2 aromatic carbocycles. The number of fused-ring (bicyclic) bond motifs is 3. The summed E-state index contributed by atoms with van der Waals surface area (Å²) in [7, 11) is -1.35. The van der Waals surface area contributed by atoms with Crippen LogP contribution in [0.2, 0.25) is 24.2 Å². The first-order chi connectivity index (χ1) is 17.5. The van der Waals surface area contributed by atoms with Gasteiger partial charge in [-0.2, -0.15) is 0 Å². The number of benzene rings is 2. The molecule has 196 valence electrons. The Morgan fingerprint density at radius 1 is 0.750 bits per heavy atom. The van der Waals surface area contributed by atoms with E-state index >= 15 is 0 Å². The molecule has 0 radical (unpaired) electrons. The van der Waals surface area contributed by atoms with Gasteiger partial charge in [0.1, 0.15) is 0 Å². The van der Waals surface area contributed by atoms with Crippen LogP contribution in [0.25, 0.3) is 10.8 Å². The van der Waals surface area contributed by atoms with Crippen LogP contribution in [0, 0.1) is 35.5 Å². The summed E-state index contributed by atoms with van der Waals surface area (Å²) in [6.45, 7) is 10.8. The Labute approximate surface area is 223 Å². The molecule has 2 aromatic rings. The van der Waals surface area contributed by atoms with Gasteiger partial charge >= 0.3 is 0 Å². The molecular formula is C35H52Si. The van der Waals surface area contributed by atoms with Gasteiger partial charge in [0.2, 0.25) is 0 Å². The van der Waals surface area contributed by atoms with Gasteiger partial charge in [-0.3, -0.25) is 0 Å². The van der Waals surface area contributed by atoms with Crippen LogP contribution in [0.4, 0.5) is 0 Å². The molecule has 4 aliphatic carbocycles. The van der Waals surface area contributed by atoms with Crippen LogP contribution in [-0.2, 0) is 0 Å². The van der Waals surface area contributed by atoms with Crippen molar-refractivity contribution in [3.8, 4) is 0 Å². The molecule has 0 heterocycles. The minimum atomic E-state index is -1.35. The second-order valence-electron chi connectivity index (χ2n) is 14.3. The lowest BCUT2D eigenvalue weighted by Crippen LogP contribution is -2.43. The highest BCUT2D eigenvalue weighted by atomic mass is 28.3. The Kier molecular flexibility index (Phi) is 7.17. The van der Waals surface area contributed by atoms with Gasteiger partial charge in [-0.05, 0) is 94.5 Å². The van der Waals surface area contributed by atoms with Crippen LogP contribution in [-0.4, -0.2) is 8.07 Å². The molecule has 9 atom stereocenters. The maximum Gasteiger partial charge on any atom is 0.0541 e. The maximum absolute atomic E-state index is 2.89. The smallest absolute Gasteiger partial charge is 0.0541 e. The minimum absolute atomic E-state index is 0.799. The zero-order valence-electron chi connectivity index (χ0n) is 23.7. The summed E-state index contributed by atoms with van der Waals surface area (Å²) >= 11 is 0. The topological polar surface area (TPSA) is 0 Å². The molecule has 4 aliphatic rings. The van der Waals surface area contributed by atoms with Gasteiger partial charge in [-0.1, -0.05) is 121 Å². The first kappa shape index (κ1) is 25.2. The molecule has 36 heavy (non-hydrogen) atoms. The highest BCUT2D eigenvalue weighted by Crippen LogP contribution is 2.65. The molecule has 0 aliphatic heterocycles. The third kappa shape index (κ3) is 4.24. The van der Waals surface area contributed by atoms with E-state index in [-0.39, 0.29) is 0 Å². The van der Waals surface area contributed by atoms with Crippen molar-refractivity contribution in [2.45, 2.75) is 121 Å². The summed E-state index contributed by atoms with van der Waals surface area (Å²) in [6.07, 6.45) is 18.1. The van der Waals surface area contributed by atoms with Crippen molar-refractivity contribution in [3.63, 3.8) is 0 Å². The third-order valence-electron chi connectivity index (χ3n) is 12.5. The lowest BCUT2D eigenvalue weighted by Gasteiger charge is -2.46. The molecular weight excluding hydrogens is 448 g/mol. The van der Waals surface area contributed by atoms with Crippen LogP contribution in [0.5, 0.6) is 0 Å². The average Bonchev–Trinajstić information content (AvgIpc) is 3.52. The van der Waals surface area contributed by atoms with Crippen LogP contribution in [0.15, 0.2) is 42.5 Å². The van der Waals surface area contributed by atoms with Gasteiger partial charge in [0.05, 0.1) is 8.07 Å². The van der Waals surface area contributed by atoms with Crippen molar-refractivity contribution in [1.82, 2.24) is 0 Å². The molecule has 6 rings (SSSR count). The van der Waals surface area contributed by atoms with Gasteiger partial charge in [0.15, 0.2) is 0 Å². The molecule has 0 nitrogen and oxygen atoms in total. The maximum atomic E-state index is 2.89. The van der Waals surface area contributed by atoms with Crippen LogP contribution in [0.3, 0.4) is 0 Å². The Bertz CT molecular complexity index is 1030. The van der Waals surface area contributed by atoms with E-state index < -0.39 is 8.07 Å². The van der Waals surface area contributed by atoms with Crippen molar-refractivity contribution in [3.05, 3.63) is 48.0 Å². The molecule has 1 heteroatoms. The molecule has 0 bridgehead atoms. The normalized spacial score (nSPS) is 37.6. The van der Waals surface area contributed by atoms with Gasteiger partial charge in [0.25, 0.3) is 0 Å². The Hall–Kier alpha value is -1.08. The SMILES string of the molecule is CCCC(C)C1CC([Si](C)(C)C2CCC3C(c4cccc5ccccc45)CCCC32)C2CCCCC12. The van der Waals surface area contributed by atoms with E-state index in [2.05, 4.69) is 69.4 Å². The Balaban J connectivity index is 1.27. The summed E-state index contributed by atoms with van der Waals surface area (Å²) in [5, 5.41) is 2.99. The second-order valence-corrected chi connectivity index (χ2v) is 19.4. The molecule has 0 aromatic heterocycles. The van der Waals surface area contributed by atoms with Crippen LogP contribution >= 0.6 is 0 Å². The van der Waals surface area contributed by atoms with E-state index in [4.69, 9.17) is 0 Å². The highest BCUT2D eigenvalue weighted by molar-refractivity contribution is 6.80. The van der Waals surface area contributed by atoms with Crippen molar-refractivity contribution in [1.29, 1.82) is 0 Å². The fourth-order valence-corrected chi connectivity index (χ4v) is 16.4. The molecule has 0 spiro atoms. The Morgan fingerprint density at radius 2 is 1.47 bits per heavy atom. The molecule has 0 N–H and O–H groups in total. The summed E-state index contributed by atoms with van der Waals surface area (Å²) in [5.74, 6) is 6.91. The van der Waals surface area contributed by atoms with E-state index in [0.29, 0.717) is 0 Å². The van der Waals surface area contributed by atoms with Crippen LogP contribution in [0.1, 0.15) is 102 Å². The van der Waals surface area contributed by atoms with Crippen molar-refractivity contribution in [2.24, 2.45) is 35.5 Å². The number of hydrogen-bond donors (Lipinski definition) is 0. The molecule has 4 fully saturated rings. The summed E-state index contributed by atoms with van der Waals surface area (Å²) in [5.41, 5.74) is 3.87. The van der Waals surface area contributed by atoms with E-state index in [9.17, 15) is 0 Å². The molecule has 0 saturated heterocycles. The van der Waals surface area contributed by atoms with E-state index in [1.165, 1.54) is 56.8 Å². The standard InChI is InChI=1S/C35H52Si/c1-5-12-24(2)33-23-35(32-17-9-8-16-29(32)33)36(3,4)34-22-21-30-28(19-11-20-31(30)34)27-18-10-14-25-13-6-7-15-26(25)27/h6-7,10,13-15,18,24,28-35H,5,8-9,11-12,16-17,19-23H2,1-4H3. The fourth-order valence-electron chi connectivity index (χ4n) is 11.0. The quantitative estimate of drug-likeness (QED) is 0.346. The molecule has 0 amide bonds. The van der Waals surface area contributed by atoms with E-state index in [1.807, 2.05) is 0 Å². The first-order valence-corrected chi connectivity index (χ1v) is 19.1. The van der Waals surface area contributed by atoms with Crippen molar-refractivity contribution < 1.29 is 0 Å². The largest absolute Gasteiger partial charge is 0.0689 e. The summed E-state index contributed by atoms with van der Waals surface area (Å²) in [4.78, 5) is 0. The molecule has 4 saturated carbocycles. The Morgan fingerprint density at radius 3 is 2.31 bits per heavy atom. The predicted molar refractivity (Wildman–Crippen MR) is 159 cm³/mol. The zero-order chi connectivity index (χ0) is 24.9. The third-order valence-corrected chi connectivity index (χ3v) is 17.7. The zero-order valence-corrected chi connectivity index (χ0v) is 24.7. The fraction of sp³-hybridized carbons (Fsp3) is 0.714. The monoisotopic (exact) mass is 500 g/mol. The average molecular weight is 501 g/mol. The summed E-state index contributed by atoms with van der Waals surface area (Å²) in [6, 6.07) is 16.4. The lowest BCUT2D eigenvalue weighted by molar-refractivity contribution is 0.179. The highest BCUT2D eigenvalue weighted by Gasteiger charge is 2.57. The van der Waals surface area contributed by atoms with Gasteiger partial charge in [0, 0.05) is 0 Å². The van der Waals surface area contributed by atoms with Crippen molar-refractivity contribution in [2.75, 3.05) is 0 Å². The lowest BCUT2D eigenvalue weighted by atomic mass is 9.70. The number of hydrogen-bond acceptors (Lipinski definition) is 0. The second kappa shape index (κ2) is 10.2. The van der Waals surface area contributed by atoms with Gasteiger partial charge in [-0.15, -0.1) is 0 Å². The summed E-state index contributed by atoms with van der Waals surface area (Å²) < 4.78 is 0. The van der Waals surface area contributed by atoms with E-state index in [0.717, 1.165) is 52.5 Å². The van der Waals surface area contributed by atoms with Crippen LogP contribution < -0.4 is 0 Å². The van der Waals surface area contributed by atoms with Gasteiger partial charge in [-0.25, -0.2) is 0 Å². The van der Waals surface area contributed by atoms with E-state index in [1.54, 1.807) is 36.6 Å².